The molecule has 4 rings (SSSR count). The average Bonchev–Trinajstić information content (AvgIpc) is 3.31. The van der Waals surface area contributed by atoms with Gasteiger partial charge in [-0.3, -0.25) is 0 Å². The van der Waals surface area contributed by atoms with Crippen LogP contribution in [0.3, 0.4) is 0 Å². The van der Waals surface area contributed by atoms with E-state index in [2.05, 4.69) is 170 Å². The molecular weight excluding hydrogens is 628 g/mol. The lowest BCUT2D eigenvalue weighted by atomic mass is 9.80. The van der Waals surface area contributed by atoms with Gasteiger partial charge in [0.15, 0.2) is 12.3 Å². The number of nitrogens with zero attached hydrogens (tertiary/aromatic N) is 4. The molecule has 2 aromatic rings. The number of benzene rings is 2. The Balaban J connectivity index is 1.69. The van der Waals surface area contributed by atoms with E-state index in [0.29, 0.717) is 0 Å². The fourth-order valence-corrected chi connectivity index (χ4v) is 7.41. The summed E-state index contributed by atoms with van der Waals surface area (Å²) in [5.41, 5.74) is 11.1. The van der Waals surface area contributed by atoms with E-state index in [1.807, 2.05) is 0 Å². The topological polar surface area (TPSA) is 6.25 Å². The number of quaternary nitrogens is 2. The molecule has 0 bridgehead atoms. The molecule has 46 heavy (non-hydrogen) atoms. The van der Waals surface area contributed by atoms with Crippen LogP contribution in [0.25, 0.3) is 0 Å². The molecule has 5 heteroatoms. The molecule has 0 amide bonds. The monoisotopic (exact) mass is 689 g/mol. The Bertz CT molecular complexity index is 1540. The predicted octanol–water partition coefficient (Wildman–Crippen LogP) is 8.90. The molecule has 0 radical (unpaired) electrons. The number of hydrogen-bond acceptors (Lipinski definition) is 1. The Morgan fingerprint density at radius 1 is 0.804 bits per heavy atom. The zero-order chi connectivity index (χ0) is 34.1. The number of fused-ring (bicyclic) bond motifs is 2. The minimum absolute atomic E-state index is 0.0617. The van der Waals surface area contributed by atoms with Crippen molar-refractivity contribution in [3.05, 3.63) is 93.1 Å². The highest BCUT2D eigenvalue weighted by molar-refractivity contribution is 9.11. The number of hydrogen-bond donors (Lipinski definition) is 0. The van der Waals surface area contributed by atoms with Gasteiger partial charge in [-0.15, -0.1) is 0 Å². The summed E-state index contributed by atoms with van der Waals surface area (Å²) in [6.45, 7) is 18.4. The summed E-state index contributed by atoms with van der Waals surface area (Å²) in [6.07, 6.45) is 13.7. The first kappa shape index (κ1) is 36.4. The van der Waals surface area contributed by atoms with Crippen molar-refractivity contribution < 1.29 is 13.5 Å². The van der Waals surface area contributed by atoms with Crippen molar-refractivity contribution >= 4 is 33.0 Å². The molecule has 0 saturated carbocycles. The third-order valence-electron chi connectivity index (χ3n) is 9.95. The molecule has 2 aliphatic heterocycles. The Labute approximate surface area is 290 Å². The maximum absolute atomic E-state index is 3.96. The molecule has 0 fully saturated rings. The number of allylic oxidation sites excluding steroid dienone is 6. The molecule has 4 nitrogen and oxygen atoms in total. The Morgan fingerprint density at radius 2 is 1.39 bits per heavy atom. The van der Waals surface area contributed by atoms with Crippen LogP contribution in [0, 0.1) is 0 Å². The largest absolute Gasteiger partial charge is 0.344 e. The summed E-state index contributed by atoms with van der Waals surface area (Å²) in [6, 6.07) is 14.2. The first-order valence-corrected chi connectivity index (χ1v) is 18.2. The summed E-state index contributed by atoms with van der Waals surface area (Å²) in [5.74, 6) is 0. The van der Waals surface area contributed by atoms with Crippen LogP contribution < -0.4 is 4.90 Å². The van der Waals surface area contributed by atoms with Gasteiger partial charge in [0, 0.05) is 52.0 Å². The number of aryl methyl sites for hydroxylation is 2. The van der Waals surface area contributed by atoms with E-state index in [-0.39, 0.29) is 10.8 Å². The van der Waals surface area contributed by atoms with Gasteiger partial charge >= 0.3 is 0 Å². The lowest BCUT2D eigenvalue weighted by molar-refractivity contribution is -0.871. The standard InChI is InChI=1S/C41H62BrN4/c1-13-31-17-21-36-34(29-31)40(3,4)38(43(36)25-15-27-45(7,8)9)23-19-33(42)20-24-39-41(5,6)35-30-32(14-2)18-22-37(35)44(39)26-16-28-46(10,11)12/h17-24,29-30H,13-16,25-28H2,1-12H3/q+3. The van der Waals surface area contributed by atoms with Crippen molar-refractivity contribution in [1.82, 2.24) is 0 Å². The molecule has 0 N–H and O–H groups in total. The third-order valence-corrected chi connectivity index (χ3v) is 10.5. The zero-order valence-electron chi connectivity index (χ0n) is 31.1. The molecule has 0 unspecified atom stereocenters. The van der Waals surface area contributed by atoms with Gasteiger partial charge in [0.05, 0.1) is 67.2 Å². The van der Waals surface area contributed by atoms with Crippen LogP contribution in [-0.4, -0.2) is 87.7 Å². The van der Waals surface area contributed by atoms with E-state index in [9.17, 15) is 0 Å². The Morgan fingerprint density at radius 3 is 2.00 bits per heavy atom. The quantitative estimate of drug-likeness (QED) is 0.116. The molecular formula is C41H62BrN4+3. The van der Waals surface area contributed by atoms with E-state index >= 15 is 0 Å². The van der Waals surface area contributed by atoms with Crippen LogP contribution in [0.4, 0.5) is 11.4 Å². The summed E-state index contributed by atoms with van der Waals surface area (Å²) < 4.78 is 5.64. The summed E-state index contributed by atoms with van der Waals surface area (Å²) in [5, 5.41) is 0. The van der Waals surface area contributed by atoms with Crippen LogP contribution in [0.15, 0.2) is 70.9 Å². The van der Waals surface area contributed by atoms with E-state index < -0.39 is 0 Å². The lowest BCUT2D eigenvalue weighted by Gasteiger charge is -2.29. The Hall–Kier alpha value is -2.47. The molecule has 2 aromatic carbocycles. The maximum Gasteiger partial charge on any atom is 0.209 e. The van der Waals surface area contributed by atoms with Crippen LogP contribution in [0.2, 0.25) is 0 Å². The summed E-state index contributed by atoms with van der Waals surface area (Å²) >= 11 is 3.96. The van der Waals surface area contributed by atoms with Crippen LogP contribution in [0.5, 0.6) is 0 Å². The van der Waals surface area contributed by atoms with Crippen LogP contribution in [0.1, 0.15) is 76.6 Å². The maximum atomic E-state index is 3.96. The highest BCUT2D eigenvalue weighted by atomic mass is 79.9. The van der Waals surface area contributed by atoms with Gasteiger partial charge in [-0.05, 0) is 73.7 Å². The van der Waals surface area contributed by atoms with Crippen molar-refractivity contribution in [1.29, 1.82) is 0 Å². The fraction of sp³-hybridized carbons (Fsp3) is 0.537. The number of rotatable bonds is 13. The highest BCUT2D eigenvalue weighted by Crippen LogP contribution is 2.48. The van der Waals surface area contributed by atoms with Crippen LogP contribution in [-0.2, 0) is 23.7 Å². The minimum Gasteiger partial charge on any atom is -0.344 e. The fourth-order valence-electron chi connectivity index (χ4n) is 7.15. The first-order chi connectivity index (χ1) is 21.4. The summed E-state index contributed by atoms with van der Waals surface area (Å²) in [7, 11) is 13.7. The normalized spacial score (nSPS) is 18.7. The number of halogens is 1. The van der Waals surface area contributed by atoms with Crippen molar-refractivity contribution in [2.75, 3.05) is 73.4 Å². The second kappa shape index (κ2) is 13.9. The van der Waals surface area contributed by atoms with Crippen molar-refractivity contribution in [3.63, 3.8) is 0 Å². The second-order valence-corrected chi connectivity index (χ2v) is 17.4. The van der Waals surface area contributed by atoms with Crippen LogP contribution >= 0.6 is 15.9 Å². The molecule has 2 aliphatic rings. The first-order valence-electron chi connectivity index (χ1n) is 17.5. The predicted molar refractivity (Wildman–Crippen MR) is 204 cm³/mol. The van der Waals surface area contributed by atoms with Crippen molar-refractivity contribution in [2.24, 2.45) is 0 Å². The number of anilines is 1. The highest BCUT2D eigenvalue weighted by Gasteiger charge is 2.44. The third kappa shape index (κ3) is 8.14. The minimum atomic E-state index is -0.0617. The second-order valence-electron chi connectivity index (χ2n) is 16.5. The molecule has 2 heterocycles. The van der Waals surface area contributed by atoms with E-state index in [1.54, 1.807) is 0 Å². The Kier molecular flexibility index (Phi) is 11.0. The van der Waals surface area contributed by atoms with Gasteiger partial charge in [0.2, 0.25) is 5.69 Å². The van der Waals surface area contributed by atoms with E-state index in [1.165, 1.54) is 45.0 Å². The van der Waals surface area contributed by atoms with E-state index in [4.69, 9.17) is 0 Å². The molecule has 0 atom stereocenters. The summed E-state index contributed by atoms with van der Waals surface area (Å²) in [4.78, 5) is 2.58. The molecule has 0 saturated heterocycles. The smallest absolute Gasteiger partial charge is 0.209 e. The van der Waals surface area contributed by atoms with Gasteiger partial charge in [-0.2, -0.15) is 4.58 Å². The lowest BCUT2D eigenvalue weighted by Crippen LogP contribution is -2.37. The average molecular weight is 691 g/mol. The van der Waals surface area contributed by atoms with Gasteiger partial charge in [0.25, 0.3) is 0 Å². The molecule has 0 aromatic heterocycles. The van der Waals surface area contributed by atoms with Gasteiger partial charge < -0.3 is 13.9 Å². The SMILES string of the molecule is CCc1ccc2c(c1)C(C)(C)C(=CC=C(Br)C=CC1=[N+](CCC[N+](C)(C)C)c3ccc(CC)cc3C1(C)C)N2CCC[N+](C)(C)C. The van der Waals surface area contributed by atoms with Crippen molar-refractivity contribution in [3.8, 4) is 0 Å². The van der Waals surface area contributed by atoms with Gasteiger partial charge in [-0.25, -0.2) is 0 Å². The van der Waals surface area contributed by atoms with Gasteiger partial charge in [-0.1, -0.05) is 61.8 Å². The zero-order valence-corrected chi connectivity index (χ0v) is 32.7. The molecule has 250 valence electrons. The molecule has 0 aliphatic carbocycles. The van der Waals surface area contributed by atoms with E-state index in [0.717, 1.165) is 65.3 Å². The molecule has 0 spiro atoms. The van der Waals surface area contributed by atoms with Gasteiger partial charge in [0.1, 0.15) is 0 Å². The van der Waals surface area contributed by atoms with Crippen molar-refractivity contribution in [2.45, 2.75) is 78.1 Å².